The monoisotopic (exact) mass is 483 g/mol. The minimum absolute atomic E-state index is 0.286. The average molecular weight is 484 g/mol. The van der Waals surface area contributed by atoms with Crippen molar-refractivity contribution in [1.29, 1.82) is 0 Å². The number of nitrogens with one attached hydrogen (secondary N) is 3. The fraction of sp³-hybridized carbons (Fsp3) is 0.185. The zero-order valence-electron chi connectivity index (χ0n) is 19.6. The van der Waals surface area contributed by atoms with Gasteiger partial charge in [0, 0.05) is 60.0 Å². The highest BCUT2D eigenvalue weighted by Gasteiger charge is 2.25. The molecule has 0 atom stereocenters. The van der Waals surface area contributed by atoms with Gasteiger partial charge in [0.05, 0.1) is 17.3 Å². The maximum absolute atomic E-state index is 12.4. The third kappa shape index (κ3) is 5.31. The minimum atomic E-state index is -0.303. The first-order valence-electron chi connectivity index (χ1n) is 11.7. The molecule has 2 aromatic carbocycles. The number of aromatic nitrogens is 3. The summed E-state index contributed by atoms with van der Waals surface area (Å²) in [6, 6.07) is 17.6. The lowest BCUT2D eigenvalue weighted by Gasteiger charge is -2.39. The number of carbonyl (C=O) groups excluding carboxylic acids is 1. The van der Waals surface area contributed by atoms with Gasteiger partial charge in [0.1, 0.15) is 6.67 Å². The van der Waals surface area contributed by atoms with Gasteiger partial charge in [-0.2, -0.15) is 0 Å². The summed E-state index contributed by atoms with van der Waals surface area (Å²) in [4.78, 5) is 27.5. The van der Waals surface area contributed by atoms with Gasteiger partial charge in [0.25, 0.3) is 0 Å². The Morgan fingerprint density at radius 2 is 1.89 bits per heavy atom. The fourth-order valence-corrected chi connectivity index (χ4v) is 4.15. The zero-order chi connectivity index (χ0) is 24.9. The van der Waals surface area contributed by atoms with Crippen LogP contribution in [0.25, 0.3) is 22.2 Å². The van der Waals surface area contributed by atoms with Crippen LogP contribution in [-0.4, -0.2) is 58.1 Å². The molecule has 0 saturated carbocycles. The molecule has 182 valence electrons. The second-order valence-electron chi connectivity index (χ2n) is 8.55. The highest BCUT2D eigenvalue weighted by molar-refractivity contribution is 5.99. The Bertz CT molecular complexity index is 1390. The molecular weight excluding hydrogens is 457 g/mol. The number of alkyl halides is 1. The summed E-state index contributed by atoms with van der Waals surface area (Å²) < 4.78 is 12.4. The summed E-state index contributed by atoms with van der Waals surface area (Å²) in [5, 5.41) is 10.4. The van der Waals surface area contributed by atoms with E-state index in [0.29, 0.717) is 29.9 Å². The smallest absolute Gasteiger partial charge is 0.247 e. The molecule has 0 unspecified atom stereocenters. The average Bonchev–Trinajstić information content (AvgIpc) is 2.88. The van der Waals surface area contributed by atoms with Gasteiger partial charge >= 0.3 is 0 Å². The number of amides is 1. The van der Waals surface area contributed by atoms with Crippen LogP contribution in [0.1, 0.15) is 0 Å². The highest BCUT2D eigenvalue weighted by atomic mass is 19.1. The summed E-state index contributed by atoms with van der Waals surface area (Å²) in [5.41, 5.74) is 4.76. The number of benzene rings is 2. The molecule has 4 aromatic rings. The van der Waals surface area contributed by atoms with Gasteiger partial charge in [0.2, 0.25) is 11.9 Å². The van der Waals surface area contributed by atoms with Crippen molar-refractivity contribution in [2.45, 2.75) is 6.04 Å². The predicted octanol–water partition coefficient (Wildman–Crippen LogP) is 4.63. The summed E-state index contributed by atoms with van der Waals surface area (Å²) in [6.45, 7) is 5.40. The Hall–Kier alpha value is -4.37. The number of likely N-dealkylation sites (tertiary alicyclic amines) is 1. The first-order valence-corrected chi connectivity index (χ1v) is 11.7. The van der Waals surface area contributed by atoms with Crippen molar-refractivity contribution < 1.29 is 9.18 Å². The number of halogens is 1. The van der Waals surface area contributed by atoms with Crippen molar-refractivity contribution in [3.05, 3.63) is 79.6 Å². The predicted molar refractivity (Wildman–Crippen MR) is 141 cm³/mol. The fourth-order valence-electron chi connectivity index (χ4n) is 4.15. The van der Waals surface area contributed by atoms with Crippen molar-refractivity contribution in [2.75, 3.05) is 42.3 Å². The number of hydrogen-bond donors (Lipinski definition) is 3. The van der Waals surface area contributed by atoms with Gasteiger partial charge in [-0.25, -0.2) is 14.4 Å². The van der Waals surface area contributed by atoms with E-state index in [9.17, 15) is 9.18 Å². The Balaban J connectivity index is 1.32. The van der Waals surface area contributed by atoms with Crippen molar-refractivity contribution in [3.63, 3.8) is 0 Å². The first-order chi connectivity index (χ1) is 17.6. The van der Waals surface area contributed by atoms with Crippen LogP contribution >= 0.6 is 0 Å². The molecule has 1 saturated heterocycles. The summed E-state index contributed by atoms with van der Waals surface area (Å²) in [6.07, 6.45) is 4.64. The van der Waals surface area contributed by atoms with Gasteiger partial charge < -0.3 is 16.0 Å². The van der Waals surface area contributed by atoms with Gasteiger partial charge in [-0.3, -0.25) is 14.7 Å². The first kappa shape index (κ1) is 23.4. The van der Waals surface area contributed by atoms with Crippen LogP contribution in [0.5, 0.6) is 0 Å². The molecule has 9 heteroatoms. The van der Waals surface area contributed by atoms with Crippen LogP contribution in [-0.2, 0) is 4.79 Å². The normalized spacial score (nSPS) is 13.7. The van der Waals surface area contributed by atoms with E-state index in [2.05, 4.69) is 37.4 Å². The maximum Gasteiger partial charge on any atom is 0.247 e. The molecule has 1 fully saturated rings. The number of carbonyl (C=O) groups is 1. The van der Waals surface area contributed by atoms with Gasteiger partial charge in [0.15, 0.2) is 0 Å². The molecule has 1 aliphatic heterocycles. The number of nitrogens with zero attached hydrogens (tertiary/aromatic N) is 4. The van der Waals surface area contributed by atoms with Crippen molar-refractivity contribution >= 4 is 39.8 Å². The molecule has 1 amide bonds. The van der Waals surface area contributed by atoms with E-state index in [-0.39, 0.29) is 12.6 Å². The van der Waals surface area contributed by atoms with E-state index in [1.54, 1.807) is 24.5 Å². The number of pyridine rings is 1. The Morgan fingerprint density at radius 1 is 1.08 bits per heavy atom. The van der Waals surface area contributed by atoms with E-state index in [1.165, 1.54) is 6.08 Å². The van der Waals surface area contributed by atoms with Crippen LogP contribution in [0.2, 0.25) is 0 Å². The van der Waals surface area contributed by atoms with E-state index in [4.69, 9.17) is 4.98 Å². The summed E-state index contributed by atoms with van der Waals surface area (Å²) >= 11 is 0. The topological polar surface area (TPSA) is 95.1 Å². The van der Waals surface area contributed by atoms with Crippen LogP contribution in [0.4, 0.5) is 27.4 Å². The number of fused-ring (bicyclic) bond motifs is 1. The minimum Gasteiger partial charge on any atom is -0.380 e. The van der Waals surface area contributed by atoms with Crippen molar-refractivity contribution in [1.82, 2.24) is 19.9 Å². The number of anilines is 4. The van der Waals surface area contributed by atoms with Crippen molar-refractivity contribution in [2.24, 2.45) is 0 Å². The van der Waals surface area contributed by atoms with Gasteiger partial charge in [-0.05, 0) is 42.5 Å². The second kappa shape index (κ2) is 10.5. The largest absolute Gasteiger partial charge is 0.380 e. The zero-order valence-corrected chi connectivity index (χ0v) is 19.6. The van der Waals surface area contributed by atoms with E-state index < -0.39 is 0 Å². The maximum atomic E-state index is 12.4. The lowest BCUT2D eigenvalue weighted by molar-refractivity contribution is -0.111. The van der Waals surface area contributed by atoms with E-state index in [0.717, 1.165) is 40.9 Å². The molecule has 5 rings (SSSR count). The van der Waals surface area contributed by atoms with Gasteiger partial charge in [-0.15, -0.1) is 0 Å². The molecule has 3 N–H and O–H groups in total. The Morgan fingerprint density at radius 3 is 2.67 bits per heavy atom. The van der Waals surface area contributed by atoms with Crippen molar-refractivity contribution in [3.8, 4) is 11.3 Å². The molecular formula is C27H26FN7O. The quantitative estimate of drug-likeness (QED) is 0.299. The number of para-hydroxylation sites is 1. The molecule has 2 aromatic heterocycles. The Labute approximate surface area is 208 Å². The Kier molecular flexibility index (Phi) is 6.81. The third-order valence-corrected chi connectivity index (χ3v) is 5.97. The molecule has 0 spiro atoms. The molecule has 1 aliphatic rings. The molecule has 8 nitrogen and oxygen atoms in total. The van der Waals surface area contributed by atoms with E-state index >= 15 is 0 Å². The van der Waals surface area contributed by atoms with Crippen LogP contribution in [0.15, 0.2) is 79.6 Å². The SMILES string of the molecule is C=CC(=O)Nc1ccnc(-c2cccc3cnc(Nc4ccc(NC5CN(CCF)C5)cc4)nc23)c1. The third-order valence-electron chi connectivity index (χ3n) is 5.97. The highest BCUT2D eigenvalue weighted by Crippen LogP contribution is 2.28. The van der Waals surface area contributed by atoms with Gasteiger partial charge in [-0.1, -0.05) is 24.8 Å². The molecule has 3 heterocycles. The van der Waals surface area contributed by atoms with E-state index in [1.807, 2.05) is 42.5 Å². The second-order valence-corrected chi connectivity index (χ2v) is 8.55. The summed E-state index contributed by atoms with van der Waals surface area (Å²) in [7, 11) is 0. The molecule has 36 heavy (non-hydrogen) atoms. The summed E-state index contributed by atoms with van der Waals surface area (Å²) in [5.74, 6) is 0.180. The molecule has 0 radical (unpaired) electrons. The lowest BCUT2D eigenvalue weighted by Crippen LogP contribution is -2.55. The van der Waals surface area contributed by atoms with Crippen LogP contribution < -0.4 is 16.0 Å². The lowest BCUT2D eigenvalue weighted by atomic mass is 10.1. The molecule has 0 bridgehead atoms. The molecule has 0 aliphatic carbocycles. The number of hydrogen-bond acceptors (Lipinski definition) is 7. The van der Waals surface area contributed by atoms with Crippen LogP contribution in [0, 0.1) is 0 Å². The standard InChI is InChI=1S/C27H26FN7O/c1-2-25(36)32-21-10-12-29-24(14-21)23-5-3-4-18-15-30-27(34-26(18)23)33-20-8-6-19(7-9-20)31-22-16-35(17-22)13-11-28/h2-10,12,14-15,22,31H,1,11,13,16-17H2,(H,29,32,36)(H,30,33,34). The number of rotatable bonds is 9. The van der Waals surface area contributed by atoms with Crippen LogP contribution in [0.3, 0.4) is 0 Å².